The Balaban J connectivity index is 2.03. The van der Waals surface area contributed by atoms with Crippen LogP contribution in [0.4, 0.5) is 0 Å². The maximum absolute atomic E-state index is 4.40. The molecule has 0 atom stereocenters. The number of aryl methyl sites for hydroxylation is 2. The lowest BCUT2D eigenvalue weighted by atomic mass is 10.0. The van der Waals surface area contributed by atoms with E-state index in [0.29, 0.717) is 0 Å². The van der Waals surface area contributed by atoms with Gasteiger partial charge in [-0.2, -0.15) is 5.10 Å². The topological polar surface area (TPSA) is 30.7 Å². The highest BCUT2D eigenvalue weighted by molar-refractivity contribution is 5.65. The van der Waals surface area contributed by atoms with Crippen molar-refractivity contribution in [2.45, 2.75) is 13.8 Å². The van der Waals surface area contributed by atoms with E-state index in [0.717, 1.165) is 11.4 Å². The molecule has 0 aliphatic rings. The number of pyridine rings is 1. The van der Waals surface area contributed by atoms with Gasteiger partial charge in [-0.25, -0.2) is 9.67 Å². The fraction of sp³-hybridized carbons (Fsp3) is 0.125. The third-order valence-corrected chi connectivity index (χ3v) is 3.17. The molecule has 1 aromatic carbocycles. The first-order chi connectivity index (χ1) is 9.24. The van der Waals surface area contributed by atoms with Gasteiger partial charge >= 0.3 is 0 Å². The van der Waals surface area contributed by atoms with E-state index in [1.807, 2.05) is 41.3 Å². The summed E-state index contributed by atoms with van der Waals surface area (Å²) in [6.07, 6.45) is 5.70. The molecule has 0 amide bonds. The van der Waals surface area contributed by atoms with Crippen LogP contribution in [0.15, 0.2) is 55.0 Å². The van der Waals surface area contributed by atoms with Crippen LogP contribution in [0.1, 0.15) is 11.1 Å². The minimum Gasteiger partial charge on any atom is -0.237 e. The second-order valence-electron chi connectivity index (χ2n) is 4.68. The normalized spacial score (nSPS) is 10.6. The Labute approximate surface area is 112 Å². The van der Waals surface area contributed by atoms with Crippen molar-refractivity contribution < 1.29 is 0 Å². The van der Waals surface area contributed by atoms with Crippen molar-refractivity contribution >= 4 is 0 Å². The molecule has 3 aromatic rings. The van der Waals surface area contributed by atoms with E-state index in [2.05, 4.69) is 36.1 Å². The second kappa shape index (κ2) is 4.69. The van der Waals surface area contributed by atoms with Crippen molar-refractivity contribution in [1.82, 2.24) is 14.8 Å². The molecule has 0 radical (unpaired) electrons. The average molecular weight is 249 g/mol. The molecule has 3 nitrogen and oxygen atoms in total. The second-order valence-corrected chi connectivity index (χ2v) is 4.68. The minimum atomic E-state index is 0.847. The number of rotatable bonds is 2. The fourth-order valence-electron chi connectivity index (χ4n) is 2.13. The van der Waals surface area contributed by atoms with Gasteiger partial charge in [-0.1, -0.05) is 24.3 Å². The molecule has 0 aliphatic carbocycles. The van der Waals surface area contributed by atoms with Gasteiger partial charge in [0.2, 0.25) is 0 Å². The molecule has 2 aromatic heterocycles. The van der Waals surface area contributed by atoms with E-state index in [1.54, 1.807) is 6.20 Å². The number of nitrogens with zero attached hydrogens (tertiary/aromatic N) is 3. The summed E-state index contributed by atoms with van der Waals surface area (Å²) in [4.78, 5) is 4.34. The molecule has 0 aliphatic heterocycles. The molecule has 19 heavy (non-hydrogen) atoms. The van der Waals surface area contributed by atoms with Crippen LogP contribution >= 0.6 is 0 Å². The predicted octanol–water partition coefficient (Wildman–Crippen LogP) is 3.55. The monoisotopic (exact) mass is 249 g/mol. The highest BCUT2D eigenvalue weighted by Crippen LogP contribution is 2.23. The van der Waals surface area contributed by atoms with Gasteiger partial charge in [0.15, 0.2) is 5.82 Å². The molecular weight excluding hydrogens is 234 g/mol. The lowest BCUT2D eigenvalue weighted by molar-refractivity contribution is 0.845. The van der Waals surface area contributed by atoms with Crippen LogP contribution in [0.5, 0.6) is 0 Å². The Hall–Kier alpha value is -2.42. The van der Waals surface area contributed by atoms with E-state index in [4.69, 9.17) is 0 Å². The van der Waals surface area contributed by atoms with E-state index in [9.17, 15) is 0 Å². The Morgan fingerprint density at radius 3 is 2.68 bits per heavy atom. The van der Waals surface area contributed by atoms with Gasteiger partial charge in [0.25, 0.3) is 0 Å². The lowest BCUT2D eigenvalue weighted by Gasteiger charge is -2.02. The first-order valence-corrected chi connectivity index (χ1v) is 6.28. The molecule has 94 valence electrons. The van der Waals surface area contributed by atoms with Crippen LogP contribution in [0.25, 0.3) is 16.9 Å². The van der Waals surface area contributed by atoms with Crippen LogP contribution in [0, 0.1) is 13.8 Å². The number of aromatic nitrogens is 3. The van der Waals surface area contributed by atoms with Gasteiger partial charge in [0, 0.05) is 18.0 Å². The SMILES string of the molecule is Cc1ccnc(-n2cc(-c3ccccc3C)cn2)c1. The summed E-state index contributed by atoms with van der Waals surface area (Å²) in [6, 6.07) is 12.3. The smallest absolute Gasteiger partial charge is 0.153 e. The Morgan fingerprint density at radius 2 is 1.89 bits per heavy atom. The molecule has 0 unspecified atom stereocenters. The molecule has 0 saturated carbocycles. The van der Waals surface area contributed by atoms with Crippen molar-refractivity contribution in [3.05, 3.63) is 66.1 Å². The molecule has 3 rings (SSSR count). The molecular formula is C16H15N3. The molecule has 0 fully saturated rings. The Morgan fingerprint density at radius 1 is 1.05 bits per heavy atom. The summed E-state index contributed by atoms with van der Waals surface area (Å²) in [7, 11) is 0. The van der Waals surface area contributed by atoms with Gasteiger partial charge in [-0.3, -0.25) is 0 Å². The molecule has 2 heterocycles. The quantitative estimate of drug-likeness (QED) is 0.695. The number of hydrogen-bond acceptors (Lipinski definition) is 2. The number of benzene rings is 1. The first kappa shape index (κ1) is 11.7. The summed E-state index contributed by atoms with van der Waals surface area (Å²) in [5.74, 6) is 0.847. The van der Waals surface area contributed by atoms with Crippen molar-refractivity contribution in [2.75, 3.05) is 0 Å². The zero-order chi connectivity index (χ0) is 13.2. The highest BCUT2D eigenvalue weighted by atomic mass is 15.3. The standard InChI is InChI=1S/C16H15N3/c1-12-7-8-17-16(9-12)19-11-14(10-18-19)15-6-4-3-5-13(15)2/h3-11H,1-2H3. The van der Waals surface area contributed by atoms with Crippen molar-refractivity contribution in [3.8, 4) is 16.9 Å². The largest absolute Gasteiger partial charge is 0.237 e. The Bertz CT molecular complexity index is 713. The van der Waals surface area contributed by atoms with Crippen LogP contribution < -0.4 is 0 Å². The third kappa shape index (κ3) is 2.27. The van der Waals surface area contributed by atoms with Gasteiger partial charge in [-0.05, 0) is 42.7 Å². The highest BCUT2D eigenvalue weighted by Gasteiger charge is 2.06. The van der Waals surface area contributed by atoms with Gasteiger partial charge < -0.3 is 0 Å². The number of hydrogen-bond donors (Lipinski definition) is 0. The van der Waals surface area contributed by atoms with Gasteiger partial charge in [0.1, 0.15) is 0 Å². The average Bonchev–Trinajstić information content (AvgIpc) is 2.89. The van der Waals surface area contributed by atoms with E-state index in [-0.39, 0.29) is 0 Å². The predicted molar refractivity (Wildman–Crippen MR) is 76.3 cm³/mol. The molecule has 0 N–H and O–H groups in total. The lowest BCUT2D eigenvalue weighted by Crippen LogP contribution is -1.97. The van der Waals surface area contributed by atoms with E-state index < -0.39 is 0 Å². The zero-order valence-corrected chi connectivity index (χ0v) is 11.0. The fourth-order valence-corrected chi connectivity index (χ4v) is 2.13. The first-order valence-electron chi connectivity index (χ1n) is 6.28. The summed E-state index contributed by atoms with van der Waals surface area (Å²) < 4.78 is 1.81. The molecule has 0 bridgehead atoms. The molecule has 3 heteroatoms. The third-order valence-electron chi connectivity index (χ3n) is 3.17. The van der Waals surface area contributed by atoms with Gasteiger partial charge in [-0.15, -0.1) is 0 Å². The summed E-state index contributed by atoms with van der Waals surface area (Å²) in [5, 5.41) is 4.40. The summed E-state index contributed by atoms with van der Waals surface area (Å²) >= 11 is 0. The molecule has 0 saturated heterocycles. The van der Waals surface area contributed by atoms with Crippen LogP contribution in [0.3, 0.4) is 0 Å². The maximum Gasteiger partial charge on any atom is 0.153 e. The maximum atomic E-state index is 4.40. The Kier molecular flexibility index (Phi) is 2.88. The minimum absolute atomic E-state index is 0.847. The van der Waals surface area contributed by atoms with Gasteiger partial charge in [0.05, 0.1) is 6.20 Å². The van der Waals surface area contributed by atoms with E-state index >= 15 is 0 Å². The van der Waals surface area contributed by atoms with Crippen molar-refractivity contribution in [3.63, 3.8) is 0 Å². The summed E-state index contributed by atoms with van der Waals surface area (Å²) in [6.45, 7) is 4.16. The van der Waals surface area contributed by atoms with Crippen molar-refractivity contribution in [2.24, 2.45) is 0 Å². The summed E-state index contributed by atoms with van der Waals surface area (Å²) in [5.41, 5.74) is 4.75. The molecule has 0 spiro atoms. The van der Waals surface area contributed by atoms with Crippen LogP contribution in [-0.2, 0) is 0 Å². The zero-order valence-electron chi connectivity index (χ0n) is 11.0. The van der Waals surface area contributed by atoms with Crippen LogP contribution in [-0.4, -0.2) is 14.8 Å². The van der Waals surface area contributed by atoms with E-state index in [1.165, 1.54) is 16.7 Å². The van der Waals surface area contributed by atoms with Crippen LogP contribution in [0.2, 0.25) is 0 Å². The van der Waals surface area contributed by atoms with Crippen molar-refractivity contribution in [1.29, 1.82) is 0 Å².